The number of carbonyl (C=O) groups is 1. The number of carboxylic acid groups (broad SMARTS) is 1. The first-order valence-corrected chi connectivity index (χ1v) is 4.17. The van der Waals surface area contributed by atoms with E-state index in [0.29, 0.717) is 0 Å². The van der Waals surface area contributed by atoms with Crippen LogP contribution >= 0.6 is 0 Å². The fourth-order valence-corrected chi connectivity index (χ4v) is 1.46. The van der Waals surface area contributed by atoms with Crippen molar-refractivity contribution in [3.63, 3.8) is 0 Å². The van der Waals surface area contributed by atoms with E-state index in [-0.39, 0.29) is 22.2 Å². The summed E-state index contributed by atoms with van der Waals surface area (Å²) in [6.07, 6.45) is 0.863. The van der Waals surface area contributed by atoms with E-state index in [9.17, 15) is 9.18 Å². The topological polar surface area (TPSA) is 76.2 Å². The predicted octanol–water partition coefficient (Wildman–Crippen LogP) is 1.65. The molecular formula is C10H7FN2O2. The third-order valence-electron chi connectivity index (χ3n) is 2.10. The molecule has 1 aromatic carbocycles. The number of benzene rings is 1. The van der Waals surface area contributed by atoms with Crippen LogP contribution in [0.4, 0.5) is 10.1 Å². The Hall–Kier alpha value is -2.17. The molecule has 0 unspecified atom stereocenters. The third-order valence-corrected chi connectivity index (χ3v) is 2.10. The van der Waals surface area contributed by atoms with Crippen molar-refractivity contribution in [2.45, 2.75) is 0 Å². The van der Waals surface area contributed by atoms with Crippen molar-refractivity contribution < 1.29 is 14.3 Å². The van der Waals surface area contributed by atoms with Gasteiger partial charge >= 0.3 is 5.97 Å². The minimum absolute atomic E-state index is 0.102. The minimum Gasteiger partial charge on any atom is -0.476 e. The molecule has 1 aromatic heterocycles. The van der Waals surface area contributed by atoms with Gasteiger partial charge in [0.2, 0.25) is 0 Å². The van der Waals surface area contributed by atoms with Gasteiger partial charge in [0, 0.05) is 16.5 Å². The zero-order chi connectivity index (χ0) is 11.0. The summed E-state index contributed by atoms with van der Waals surface area (Å²) in [7, 11) is 0. The Morgan fingerprint density at radius 2 is 2.20 bits per heavy atom. The van der Waals surface area contributed by atoms with Crippen LogP contribution < -0.4 is 5.73 Å². The van der Waals surface area contributed by atoms with Crippen LogP contribution in [0, 0.1) is 5.82 Å². The Balaban J connectivity index is 2.95. The monoisotopic (exact) mass is 206 g/mol. The van der Waals surface area contributed by atoms with Gasteiger partial charge in [-0.3, -0.25) is 0 Å². The molecule has 2 rings (SSSR count). The molecule has 1 heterocycles. The van der Waals surface area contributed by atoms with Gasteiger partial charge in [-0.25, -0.2) is 14.2 Å². The van der Waals surface area contributed by atoms with Gasteiger partial charge < -0.3 is 10.8 Å². The molecule has 0 fully saturated rings. The number of nitrogens with zero attached hydrogens (tertiary/aromatic N) is 1. The molecular weight excluding hydrogens is 199 g/mol. The maximum absolute atomic E-state index is 13.4. The van der Waals surface area contributed by atoms with Crippen molar-refractivity contribution >= 4 is 22.4 Å². The quantitative estimate of drug-likeness (QED) is 0.695. The Kier molecular flexibility index (Phi) is 2.00. The molecule has 3 N–H and O–H groups in total. The van der Waals surface area contributed by atoms with Gasteiger partial charge in [-0.15, -0.1) is 0 Å². The maximum atomic E-state index is 13.4. The number of nitrogens with two attached hydrogens (primary N) is 1. The van der Waals surface area contributed by atoms with Crippen molar-refractivity contribution in [2.75, 3.05) is 5.73 Å². The second-order valence-electron chi connectivity index (χ2n) is 3.03. The summed E-state index contributed by atoms with van der Waals surface area (Å²) in [5.74, 6) is -1.82. The molecule has 0 aliphatic rings. The number of carboxylic acids is 1. The molecule has 0 spiro atoms. The highest BCUT2D eigenvalue weighted by Crippen LogP contribution is 2.25. The zero-order valence-corrected chi connectivity index (χ0v) is 7.57. The molecule has 15 heavy (non-hydrogen) atoms. The molecule has 76 valence electrons. The first kappa shape index (κ1) is 9.39. The molecule has 0 amide bonds. The number of aromatic carboxylic acids is 1. The van der Waals surface area contributed by atoms with Gasteiger partial charge in [-0.1, -0.05) is 12.1 Å². The number of pyridine rings is 1. The summed E-state index contributed by atoms with van der Waals surface area (Å²) >= 11 is 0. The smallest absolute Gasteiger partial charge is 0.355 e. The number of anilines is 1. The fraction of sp³-hybridized carbons (Fsp3) is 0. The lowest BCUT2D eigenvalue weighted by Crippen LogP contribution is -2.03. The third kappa shape index (κ3) is 1.38. The van der Waals surface area contributed by atoms with Crippen LogP contribution in [-0.2, 0) is 0 Å². The molecule has 0 atom stereocenters. The summed E-state index contributed by atoms with van der Waals surface area (Å²) in [6, 6.07) is 4.55. The largest absolute Gasteiger partial charge is 0.476 e. The van der Waals surface area contributed by atoms with E-state index in [4.69, 9.17) is 10.8 Å². The minimum atomic E-state index is -1.20. The second kappa shape index (κ2) is 3.20. The fourth-order valence-electron chi connectivity index (χ4n) is 1.46. The number of aromatic nitrogens is 1. The Morgan fingerprint density at radius 3 is 2.87 bits per heavy atom. The first-order valence-electron chi connectivity index (χ1n) is 4.17. The molecule has 0 radical (unpaired) electrons. The van der Waals surface area contributed by atoms with Crippen molar-refractivity contribution in [3.05, 3.63) is 35.9 Å². The number of hydrogen-bond acceptors (Lipinski definition) is 3. The molecule has 4 nitrogen and oxygen atoms in total. The Morgan fingerprint density at radius 1 is 1.47 bits per heavy atom. The summed E-state index contributed by atoms with van der Waals surface area (Å²) in [5.41, 5.74) is 5.57. The summed E-state index contributed by atoms with van der Waals surface area (Å²) in [4.78, 5) is 14.3. The average molecular weight is 206 g/mol. The van der Waals surface area contributed by atoms with Gasteiger partial charge in [-0.2, -0.15) is 0 Å². The van der Waals surface area contributed by atoms with Gasteiger partial charge in [0.05, 0.1) is 6.20 Å². The van der Waals surface area contributed by atoms with E-state index in [0.717, 1.165) is 6.20 Å². The highest BCUT2D eigenvalue weighted by atomic mass is 19.1. The number of fused-ring (bicyclic) bond motifs is 1. The number of nitrogen functional groups attached to an aromatic ring is 1. The average Bonchev–Trinajstić information content (AvgIpc) is 2.17. The number of rotatable bonds is 1. The van der Waals surface area contributed by atoms with Crippen molar-refractivity contribution in [2.24, 2.45) is 0 Å². The SMILES string of the molecule is Nc1cccc2c(C(=O)O)ncc(F)c12. The molecule has 0 aliphatic heterocycles. The lowest BCUT2D eigenvalue weighted by atomic mass is 10.1. The molecule has 0 bridgehead atoms. The van der Waals surface area contributed by atoms with E-state index >= 15 is 0 Å². The Bertz CT molecular complexity index is 546. The highest BCUT2D eigenvalue weighted by Gasteiger charge is 2.14. The van der Waals surface area contributed by atoms with E-state index in [1.807, 2.05) is 0 Å². The van der Waals surface area contributed by atoms with Gasteiger partial charge in [0.25, 0.3) is 0 Å². The second-order valence-corrected chi connectivity index (χ2v) is 3.03. The van der Waals surface area contributed by atoms with Gasteiger partial charge in [-0.05, 0) is 6.07 Å². The first-order chi connectivity index (χ1) is 7.11. The van der Waals surface area contributed by atoms with Crippen LogP contribution in [0.25, 0.3) is 10.8 Å². The van der Waals surface area contributed by atoms with Crippen molar-refractivity contribution in [1.29, 1.82) is 0 Å². The Labute approximate surface area is 84.2 Å². The van der Waals surface area contributed by atoms with Gasteiger partial charge in [0.1, 0.15) is 0 Å². The van der Waals surface area contributed by atoms with E-state index < -0.39 is 11.8 Å². The predicted molar refractivity (Wildman–Crippen MR) is 53.1 cm³/mol. The summed E-state index contributed by atoms with van der Waals surface area (Å²) < 4.78 is 13.4. The van der Waals surface area contributed by atoms with Gasteiger partial charge in [0.15, 0.2) is 11.5 Å². The summed E-state index contributed by atoms with van der Waals surface area (Å²) in [5, 5.41) is 9.15. The van der Waals surface area contributed by atoms with Crippen LogP contribution in [0.3, 0.4) is 0 Å². The van der Waals surface area contributed by atoms with Crippen LogP contribution in [-0.4, -0.2) is 16.1 Å². The lowest BCUT2D eigenvalue weighted by Gasteiger charge is -2.04. The molecule has 0 aliphatic carbocycles. The van der Waals surface area contributed by atoms with Crippen LogP contribution in [0.5, 0.6) is 0 Å². The zero-order valence-electron chi connectivity index (χ0n) is 7.57. The summed E-state index contributed by atoms with van der Waals surface area (Å²) in [6.45, 7) is 0. The van der Waals surface area contributed by atoms with E-state index in [1.54, 1.807) is 6.07 Å². The highest BCUT2D eigenvalue weighted by molar-refractivity contribution is 6.05. The van der Waals surface area contributed by atoms with E-state index in [1.165, 1.54) is 12.1 Å². The standard InChI is InChI=1S/C10H7FN2O2/c11-6-4-13-9(10(14)15)5-2-1-3-7(12)8(5)6/h1-4H,12H2,(H,14,15). The van der Waals surface area contributed by atoms with Crippen LogP contribution in [0.2, 0.25) is 0 Å². The molecule has 2 aromatic rings. The van der Waals surface area contributed by atoms with Crippen molar-refractivity contribution in [3.8, 4) is 0 Å². The normalized spacial score (nSPS) is 10.5. The van der Waals surface area contributed by atoms with Crippen molar-refractivity contribution in [1.82, 2.24) is 4.98 Å². The maximum Gasteiger partial charge on any atom is 0.355 e. The number of hydrogen-bond donors (Lipinski definition) is 2. The molecule has 0 saturated heterocycles. The number of halogens is 1. The molecule has 0 saturated carbocycles. The molecule has 5 heteroatoms. The lowest BCUT2D eigenvalue weighted by molar-refractivity contribution is 0.0693. The van der Waals surface area contributed by atoms with E-state index in [2.05, 4.69) is 4.98 Å². The van der Waals surface area contributed by atoms with Crippen LogP contribution in [0.1, 0.15) is 10.5 Å². The van der Waals surface area contributed by atoms with Crippen LogP contribution in [0.15, 0.2) is 24.4 Å².